The van der Waals surface area contributed by atoms with E-state index < -0.39 is 0 Å². The lowest BCUT2D eigenvalue weighted by Gasteiger charge is -2.08. The Morgan fingerprint density at radius 1 is 1.61 bits per heavy atom. The number of nitrogens with two attached hydrogens (primary N) is 1. The van der Waals surface area contributed by atoms with Crippen molar-refractivity contribution in [2.45, 2.75) is 13.5 Å². The Hall–Kier alpha value is -2.01. The molecule has 0 aromatic carbocycles. The van der Waals surface area contributed by atoms with Crippen molar-refractivity contribution in [3.8, 4) is 0 Å². The van der Waals surface area contributed by atoms with Crippen LogP contribution in [-0.4, -0.2) is 15.5 Å². The number of anilines is 2. The Bertz CT molecular complexity index is 579. The minimum atomic E-state index is -0.261. The summed E-state index contributed by atoms with van der Waals surface area (Å²) in [4.78, 5) is 16.0. The number of nitrogens with zero attached hydrogens (tertiary/aromatic N) is 2. The SMILES string of the molecule is CCn1cc(N)cc1C(=O)Nc1cccnc1Cl. The topological polar surface area (TPSA) is 72.9 Å². The average molecular weight is 265 g/mol. The number of nitrogens with one attached hydrogen (secondary N) is 1. The summed E-state index contributed by atoms with van der Waals surface area (Å²) in [5.41, 5.74) is 7.21. The van der Waals surface area contributed by atoms with Crippen LogP contribution in [0.15, 0.2) is 30.6 Å². The van der Waals surface area contributed by atoms with Crippen LogP contribution >= 0.6 is 11.6 Å². The smallest absolute Gasteiger partial charge is 0.272 e. The van der Waals surface area contributed by atoms with E-state index in [1.807, 2.05) is 6.92 Å². The van der Waals surface area contributed by atoms with Crippen molar-refractivity contribution in [3.63, 3.8) is 0 Å². The van der Waals surface area contributed by atoms with Crippen LogP contribution < -0.4 is 11.1 Å². The van der Waals surface area contributed by atoms with Crippen molar-refractivity contribution in [2.24, 2.45) is 0 Å². The van der Waals surface area contributed by atoms with Gasteiger partial charge >= 0.3 is 0 Å². The summed E-state index contributed by atoms with van der Waals surface area (Å²) in [5.74, 6) is -0.261. The fraction of sp³-hybridized carbons (Fsp3) is 0.167. The van der Waals surface area contributed by atoms with E-state index in [4.69, 9.17) is 17.3 Å². The molecule has 2 heterocycles. The van der Waals surface area contributed by atoms with Crippen molar-refractivity contribution < 1.29 is 4.79 Å². The molecule has 6 heteroatoms. The first-order chi connectivity index (χ1) is 8.61. The number of hydrogen-bond acceptors (Lipinski definition) is 3. The number of aromatic nitrogens is 2. The Morgan fingerprint density at radius 2 is 2.39 bits per heavy atom. The lowest BCUT2D eigenvalue weighted by molar-refractivity contribution is 0.101. The van der Waals surface area contributed by atoms with E-state index in [2.05, 4.69) is 10.3 Å². The van der Waals surface area contributed by atoms with Gasteiger partial charge in [-0.25, -0.2) is 4.98 Å². The Morgan fingerprint density at radius 3 is 3.06 bits per heavy atom. The molecule has 0 atom stereocenters. The van der Waals surface area contributed by atoms with Crippen molar-refractivity contribution in [3.05, 3.63) is 41.4 Å². The zero-order valence-corrected chi connectivity index (χ0v) is 10.6. The summed E-state index contributed by atoms with van der Waals surface area (Å²) in [5, 5.41) is 2.96. The van der Waals surface area contributed by atoms with Crippen molar-refractivity contribution in [1.29, 1.82) is 0 Å². The van der Waals surface area contributed by atoms with Gasteiger partial charge in [-0.3, -0.25) is 4.79 Å². The second-order valence-corrected chi connectivity index (χ2v) is 4.10. The number of halogens is 1. The maximum absolute atomic E-state index is 12.1. The van der Waals surface area contributed by atoms with Crippen LogP contribution in [0, 0.1) is 0 Å². The van der Waals surface area contributed by atoms with Crippen LogP contribution in [0.25, 0.3) is 0 Å². The molecule has 0 saturated carbocycles. The van der Waals surface area contributed by atoms with Gasteiger partial charge in [0.25, 0.3) is 5.91 Å². The van der Waals surface area contributed by atoms with E-state index in [-0.39, 0.29) is 11.1 Å². The van der Waals surface area contributed by atoms with Gasteiger partial charge in [0.2, 0.25) is 0 Å². The lowest BCUT2D eigenvalue weighted by Crippen LogP contribution is -2.16. The van der Waals surface area contributed by atoms with E-state index >= 15 is 0 Å². The van der Waals surface area contributed by atoms with Crippen molar-refractivity contribution in [2.75, 3.05) is 11.1 Å². The summed E-state index contributed by atoms with van der Waals surface area (Å²) in [6.45, 7) is 2.61. The maximum Gasteiger partial charge on any atom is 0.272 e. The van der Waals surface area contributed by atoms with Crippen LogP contribution in [0.4, 0.5) is 11.4 Å². The molecule has 0 aliphatic rings. The summed E-state index contributed by atoms with van der Waals surface area (Å²) in [6.07, 6.45) is 3.28. The molecule has 3 N–H and O–H groups in total. The first-order valence-corrected chi connectivity index (χ1v) is 5.87. The first-order valence-electron chi connectivity index (χ1n) is 5.49. The van der Waals surface area contributed by atoms with Gasteiger partial charge in [-0.15, -0.1) is 0 Å². The fourth-order valence-corrected chi connectivity index (χ4v) is 1.82. The number of rotatable bonds is 3. The minimum Gasteiger partial charge on any atom is -0.397 e. The zero-order chi connectivity index (χ0) is 13.1. The van der Waals surface area contributed by atoms with Gasteiger partial charge in [0.15, 0.2) is 5.15 Å². The number of amides is 1. The van der Waals surface area contributed by atoms with E-state index in [1.165, 1.54) is 0 Å². The molecule has 2 aromatic heterocycles. The van der Waals surface area contributed by atoms with Crippen LogP contribution in [0.5, 0.6) is 0 Å². The highest BCUT2D eigenvalue weighted by molar-refractivity contribution is 6.32. The largest absolute Gasteiger partial charge is 0.397 e. The predicted octanol–water partition coefficient (Wildman–Crippen LogP) is 2.39. The third kappa shape index (κ3) is 2.46. The molecule has 0 saturated heterocycles. The first kappa shape index (κ1) is 12.4. The van der Waals surface area contributed by atoms with Gasteiger partial charge < -0.3 is 15.6 Å². The molecule has 1 amide bonds. The number of aryl methyl sites for hydroxylation is 1. The summed E-state index contributed by atoms with van der Waals surface area (Å²) in [6, 6.07) is 5.02. The Labute approximate surface area is 110 Å². The van der Waals surface area contributed by atoms with E-state index in [0.29, 0.717) is 23.6 Å². The molecule has 0 unspecified atom stereocenters. The molecule has 0 fully saturated rings. The summed E-state index contributed by atoms with van der Waals surface area (Å²) >= 11 is 5.88. The maximum atomic E-state index is 12.1. The standard InChI is InChI=1S/C12H13ClN4O/c1-2-17-7-8(14)6-10(17)12(18)16-9-4-3-5-15-11(9)13/h3-7H,2,14H2,1H3,(H,16,18). The van der Waals surface area contributed by atoms with E-state index in [9.17, 15) is 4.79 Å². The summed E-state index contributed by atoms with van der Waals surface area (Å²) in [7, 11) is 0. The molecule has 0 aliphatic carbocycles. The highest BCUT2D eigenvalue weighted by Gasteiger charge is 2.13. The van der Waals surface area contributed by atoms with Gasteiger partial charge in [0.1, 0.15) is 5.69 Å². The minimum absolute atomic E-state index is 0.258. The number of nitrogen functional groups attached to an aromatic ring is 1. The third-order valence-corrected chi connectivity index (χ3v) is 2.80. The molecule has 2 rings (SSSR count). The number of carbonyl (C=O) groups excluding carboxylic acids is 1. The molecular weight excluding hydrogens is 252 g/mol. The molecule has 18 heavy (non-hydrogen) atoms. The monoisotopic (exact) mass is 264 g/mol. The van der Waals surface area contributed by atoms with Gasteiger partial charge in [0.05, 0.1) is 11.4 Å². The second-order valence-electron chi connectivity index (χ2n) is 3.74. The summed E-state index contributed by atoms with van der Waals surface area (Å²) < 4.78 is 1.77. The Balaban J connectivity index is 2.25. The average Bonchev–Trinajstić information content (AvgIpc) is 2.73. The van der Waals surface area contributed by atoms with Gasteiger partial charge in [-0.05, 0) is 25.1 Å². The molecule has 94 valence electrons. The molecule has 0 spiro atoms. The van der Waals surface area contributed by atoms with Gasteiger partial charge in [-0.1, -0.05) is 11.6 Å². The van der Waals surface area contributed by atoms with Crippen LogP contribution in [0.2, 0.25) is 5.15 Å². The van der Waals surface area contributed by atoms with Gasteiger partial charge in [0, 0.05) is 18.9 Å². The van der Waals surface area contributed by atoms with Crippen molar-refractivity contribution >= 4 is 28.9 Å². The molecule has 5 nitrogen and oxygen atoms in total. The second kappa shape index (κ2) is 5.10. The molecule has 0 aliphatic heterocycles. The third-order valence-electron chi connectivity index (χ3n) is 2.50. The Kier molecular flexibility index (Phi) is 3.53. The predicted molar refractivity (Wildman–Crippen MR) is 71.7 cm³/mol. The highest BCUT2D eigenvalue weighted by Crippen LogP contribution is 2.19. The zero-order valence-electron chi connectivity index (χ0n) is 9.85. The highest BCUT2D eigenvalue weighted by atomic mass is 35.5. The lowest BCUT2D eigenvalue weighted by atomic mass is 10.3. The van der Waals surface area contributed by atoms with Crippen LogP contribution in [0.3, 0.4) is 0 Å². The van der Waals surface area contributed by atoms with E-state index in [0.717, 1.165) is 0 Å². The molecule has 0 radical (unpaired) electrons. The van der Waals surface area contributed by atoms with Crippen molar-refractivity contribution in [1.82, 2.24) is 9.55 Å². The van der Waals surface area contributed by atoms with Crippen LogP contribution in [0.1, 0.15) is 17.4 Å². The fourth-order valence-electron chi connectivity index (χ4n) is 1.65. The van der Waals surface area contributed by atoms with Gasteiger partial charge in [-0.2, -0.15) is 0 Å². The normalized spacial score (nSPS) is 10.3. The number of carbonyl (C=O) groups is 1. The molecular formula is C12H13ClN4O. The molecule has 2 aromatic rings. The molecule has 0 bridgehead atoms. The number of hydrogen-bond donors (Lipinski definition) is 2. The number of pyridine rings is 1. The van der Waals surface area contributed by atoms with Crippen LogP contribution in [-0.2, 0) is 6.54 Å². The quantitative estimate of drug-likeness (QED) is 0.836. The van der Waals surface area contributed by atoms with E-state index in [1.54, 1.807) is 35.2 Å².